The summed E-state index contributed by atoms with van der Waals surface area (Å²) in [7, 11) is 0. The summed E-state index contributed by atoms with van der Waals surface area (Å²) >= 11 is 18.8. The summed E-state index contributed by atoms with van der Waals surface area (Å²) in [5.74, 6) is -0.820. The van der Waals surface area contributed by atoms with E-state index in [0.717, 1.165) is 21.7 Å². The highest BCUT2D eigenvalue weighted by Gasteiger charge is 2.32. The maximum atomic E-state index is 13.1. The number of ether oxygens (including phenoxy) is 1. The van der Waals surface area contributed by atoms with Crippen molar-refractivity contribution in [2.75, 3.05) is 6.54 Å². The van der Waals surface area contributed by atoms with Crippen molar-refractivity contribution in [2.45, 2.75) is 32.0 Å². The number of hydrogen-bond donors (Lipinski definition) is 0. The molecular formula is C23H15Cl3F3N5O5. The number of hydrogen-bond acceptors (Lipinski definition) is 8. The molecule has 204 valence electrons. The van der Waals surface area contributed by atoms with Gasteiger partial charge in [-0.1, -0.05) is 40.0 Å². The number of carbonyl (C=O) groups excluding carboxylic acids is 2. The van der Waals surface area contributed by atoms with Crippen molar-refractivity contribution in [3.05, 3.63) is 51.2 Å². The third kappa shape index (κ3) is 5.60. The van der Waals surface area contributed by atoms with Crippen LogP contribution in [0, 0.1) is 0 Å². The van der Waals surface area contributed by atoms with Gasteiger partial charge < -0.3 is 18.5 Å². The zero-order valence-corrected chi connectivity index (χ0v) is 21.9. The van der Waals surface area contributed by atoms with Crippen molar-refractivity contribution in [1.82, 2.24) is 24.6 Å². The third-order valence-corrected chi connectivity index (χ3v) is 6.49. The predicted octanol–water partition coefficient (Wildman–Crippen LogP) is 5.88. The number of halogens is 6. The summed E-state index contributed by atoms with van der Waals surface area (Å²) in [5, 5.41) is 4.91. The minimum atomic E-state index is -4.60. The Morgan fingerprint density at radius 2 is 1.87 bits per heavy atom. The Balaban J connectivity index is 1.38. The molecule has 0 bridgehead atoms. The molecule has 4 aromatic rings. The fourth-order valence-corrected chi connectivity index (χ4v) is 4.55. The number of imidazole rings is 1. The van der Waals surface area contributed by atoms with E-state index in [1.807, 2.05) is 0 Å². The molecule has 10 nitrogen and oxygen atoms in total. The number of nitrogens with zero attached hydrogens (tertiary/aromatic N) is 5. The van der Waals surface area contributed by atoms with Gasteiger partial charge in [-0.3, -0.25) is 9.59 Å². The van der Waals surface area contributed by atoms with Gasteiger partial charge in [0.2, 0.25) is 5.82 Å². The van der Waals surface area contributed by atoms with Gasteiger partial charge in [-0.15, -0.1) is 0 Å². The standard InChI is InChI=1S/C23H15Cl3F3N5O5/c1-10(35)39-34-8-12(2-3-19(34)36)37-18-6-14(24)13(5-15(18)25)20-31-22(38-32-20)17-9-33-7-11(23(27,28)29)4-16(26)21(33)30-17/h4-7,9,12H,2-3,8H2,1H3/t12-/m1/s1. The predicted molar refractivity (Wildman–Crippen MR) is 131 cm³/mol. The van der Waals surface area contributed by atoms with Gasteiger partial charge in [0.25, 0.3) is 11.8 Å². The van der Waals surface area contributed by atoms with Crippen molar-refractivity contribution in [3.63, 3.8) is 0 Å². The number of carbonyl (C=O) groups is 2. The van der Waals surface area contributed by atoms with Crippen LogP contribution in [0.2, 0.25) is 15.1 Å². The minimum Gasteiger partial charge on any atom is -0.487 e. The van der Waals surface area contributed by atoms with Crippen LogP contribution in [0.4, 0.5) is 13.2 Å². The van der Waals surface area contributed by atoms with Crippen molar-refractivity contribution < 1.29 is 36.9 Å². The third-order valence-electron chi connectivity index (χ3n) is 5.60. The zero-order chi connectivity index (χ0) is 28.1. The van der Waals surface area contributed by atoms with E-state index < -0.39 is 23.8 Å². The van der Waals surface area contributed by atoms with Gasteiger partial charge in [0.1, 0.15) is 17.5 Å². The first kappa shape index (κ1) is 27.0. The lowest BCUT2D eigenvalue weighted by atomic mass is 10.1. The van der Waals surface area contributed by atoms with Gasteiger partial charge in [-0.2, -0.15) is 23.2 Å². The van der Waals surface area contributed by atoms with E-state index in [1.165, 1.54) is 25.3 Å². The van der Waals surface area contributed by atoms with Crippen LogP contribution < -0.4 is 4.74 Å². The number of pyridine rings is 1. The smallest absolute Gasteiger partial charge is 0.417 e. The quantitative estimate of drug-likeness (QED) is 0.278. The van der Waals surface area contributed by atoms with E-state index in [-0.39, 0.29) is 68.3 Å². The number of piperidine rings is 1. The second-order valence-corrected chi connectivity index (χ2v) is 9.65. The van der Waals surface area contributed by atoms with Crippen molar-refractivity contribution in [1.29, 1.82) is 0 Å². The van der Waals surface area contributed by atoms with E-state index >= 15 is 0 Å². The van der Waals surface area contributed by atoms with E-state index in [2.05, 4.69) is 15.1 Å². The maximum absolute atomic E-state index is 13.1. The van der Waals surface area contributed by atoms with Crippen LogP contribution in [0.1, 0.15) is 25.3 Å². The Hall–Kier alpha value is -3.55. The molecule has 5 rings (SSSR count). The first-order valence-corrected chi connectivity index (χ1v) is 12.3. The van der Waals surface area contributed by atoms with Gasteiger partial charge in [0.15, 0.2) is 5.65 Å². The maximum Gasteiger partial charge on any atom is 0.417 e. The number of aromatic nitrogens is 4. The fraction of sp³-hybridized carbons (Fsp3) is 0.261. The molecule has 1 aromatic carbocycles. The summed E-state index contributed by atoms with van der Waals surface area (Å²) in [5.41, 5.74) is -0.511. The van der Waals surface area contributed by atoms with E-state index in [0.29, 0.717) is 6.42 Å². The molecule has 0 unspecified atom stereocenters. The second-order valence-electron chi connectivity index (χ2n) is 8.43. The zero-order valence-electron chi connectivity index (χ0n) is 19.6. The summed E-state index contributed by atoms with van der Waals surface area (Å²) < 4.78 is 51.6. The topological polar surface area (TPSA) is 112 Å². The summed E-state index contributed by atoms with van der Waals surface area (Å²) in [6, 6.07) is 3.66. The monoisotopic (exact) mass is 603 g/mol. The lowest BCUT2D eigenvalue weighted by Gasteiger charge is -2.31. The van der Waals surface area contributed by atoms with Crippen LogP contribution in [-0.4, -0.2) is 49.1 Å². The number of amides is 1. The van der Waals surface area contributed by atoms with Crippen LogP contribution in [-0.2, 0) is 20.6 Å². The highest BCUT2D eigenvalue weighted by molar-refractivity contribution is 6.36. The number of benzene rings is 1. The SMILES string of the molecule is CC(=O)ON1C[C@H](Oc2cc(Cl)c(-c3noc(-c4cn5cc(C(F)(F)F)cc(Cl)c5n4)n3)cc2Cl)CCC1=O. The Labute approximate surface area is 232 Å². The van der Waals surface area contributed by atoms with Crippen molar-refractivity contribution in [2.24, 2.45) is 0 Å². The highest BCUT2D eigenvalue weighted by Crippen LogP contribution is 2.38. The second kappa shape index (κ2) is 10.2. The van der Waals surface area contributed by atoms with Gasteiger partial charge in [0.05, 0.1) is 27.2 Å². The number of fused-ring (bicyclic) bond motifs is 1. The summed E-state index contributed by atoms with van der Waals surface area (Å²) in [6.07, 6.45) is -2.52. The lowest BCUT2D eigenvalue weighted by molar-refractivity contribution is -0.204. The van der Waals surface area contributed by atoms with Gasteiger partial charge >= 0.3 is 12.1 Å². The largest absolute Gasteiger partial charge is 0.487 e. The Kier molecular flexibility index (Phi) is 7.08. The van der Waals surface area contributed by atoms with E-state index in [9.17, 15) is 22.8 Å². The fourth-order valence-electron chi connectivity index (χ4n) is 3.85. The molecule has 1 atom stereocenters. The number of rotatable bonds is 5. The number of hydroxylamine groups is 2. The van der Waals surface area contributed by atoms with E-state index in [1.54, 1.807) is 0 Å². The average molecular weight is 605 g/mol. The molecule has 1 fully saturated rings. The molecule has 0 spiro atoms. The molecule has 1 aliphatic heterocycles. The van der Waals surface area contributed by atoms with Crippen molar-refractivity contribution in [3.8, 4) is 28.7 Å². The molecule has 4 heterocycles. The molecule has 1 saturated heterocycles. The Bertz CT molecular complexity index is 1610. The van der Waals surface area contributed by atoms with Crippen molar-refractivity contribution >= 4 is 52.3 Å². The molecule has 0 aliphatic carbocycles. The summed E-state index contributed by atoms with van der Waals surface area (Å²) in [4.78, 5) is 36.5. The van der Waals surface area contributed by atoms with Gasteiger partial charge in [0, 0.05) is 37.4 Å². The van der Waals surface area contributed by atoms with E-state index in [4.69, 9.17) is 48.9 Å². The Morgan fingerprint density at radius 3 is 2.59 bits per heavy atom. The first-order chi connectivity index (χ1) is 18.4. The molecule has 0 N–H and O–H groups in total. The van der Waals surface area contributed by atoms with Crippen LogP contribution >= 0.6 is 34.8 Å². The molecule has 0 radical (unpaired) electrons. The first-order valence-electron chi connectivity index (χ1n) is 11.1. The minimum absolute atomic E-state index is 0.00973. The van der Waals surface area contributed by atoms with Crippen LogP contribution in [0.25, 0.3) is 28.6 Å². The lowest BCUT2D eigenvalue weighted by Crippen LogP contribution is -2.45. The molecule has 16 heteroatoms. The Morgan fingerprint density at radius 1 is 1.10 bits per heavy atom. The average Bonchev–Trinajstić information content (AvgIpc) is 3.50. The number of alkyl halides is 3. The molecule has 1 aliphatic rings. The molecule has 1 amide bonds. The van der Waals surface area contributed by atoms with Crippen LogP contribution in [0.15, 0.2) is 35.1 Å². The van der Waals surface area contributed by atoms with Crippen LogP contribution in [0.5, 0.6) is 5.75 Å². The summed E-state index contributed by atoms with van der Waals surface area (Å²) in [6.45, 7) is 1.19. The van der Waals surface area contributed by atoms with Gasteiger partial charge in [-0.25, -0.2) is 4.98 Å². The molecule has 39 heavy (non-hydrogen) atoms. The highest BCUT2D eigenvalue weighted by atomic mass is 35.5. The normalized spacial score (nSPS) is 16.1. The molecular weight excluding hydrogens is 590 g/mol. The van der Waals surface area contributed by atoms with Crippen LogP contribution in [0.3, 0.4) is 0 Å². The molecule has 0 saturated carbocycles. The molecule has 3 aromatic heterocycles. The van der Waals surface area contributed by atoms with Gasteiger partial charge in [-0.05, 0) is 18.6 Å².